The van der Waals surface area contributed by atoms with E-state index in [-0.39, 0.29) is 10.8 Å². The fraction of sp³-hybridized carbons (Fsp3) is 0.333. The highest BCUT2D eigenvalue weighted by Gasteiger charge is 2.23. The third kappa shape index (κ3) is 3.28. The molecule has 0 atom stereocenters. The maximum atomic E-state index is 12.5. The minimum atomic E-state index is -3.49. The molecule has 0 aliphatic carbocycles. The van der Waals surface area contributed by atoms with Crippen molar-refractivity contribution in [3.63, 3.8) is 0 Å². The standard InChI is InChI=1S/C12H14BrClN2O2S2/c1-15-7-12(4-10(15)5-14)20(17,18)16(2)6-11-3-9(13)8-19-11/h3-4,7-8H,5-6H2,1-2H3. The van der Waals surface area contributed by atoms with Crippen LogP contribution in [-0.2, 0) is 29.5 Å². The van der Waals surface area contributed by atoms with Gasteiger partial charge in [0.25, 0.3) is 0 Å². The second-order valence-corrected chi connectivity index (χ2v) is 8.63. The minimum Gasteiger partial charge on any atom is -0.352 e. The molecule has 4 nitrogen and oxygen atoms in total. The lowest BCUT2D eigenvalue weighted by molar-refractivity contribution is 0.469. The highest BCUT2D eigenvalue weighted by molar-refractivity contribution is 9.10. The van der Waals surface area contributed by atoms with Crippen LogP contribution in [0.3, 0.4) is 0 Å². The van der Waals surface area contributed by atoms with Gasteiger partial charge in [-0.05, 0) is 28.1 Å². The van der Waals surface area contributed by atoms with Gasteiger partial charge >= 0.3 is 0 Å². The molecule has 0 bridgehead atoms. The van der Waals surface area contributed by atoms with Gasteiger partial charge in [-0.3, -0.25) is 0 Å². The predicted molar refractivity (Wildman–Crippen MR) is 85.6 cm³/mol. The van der Waals surface area contributed by atoms with E-state index in [1.807, 2.05) is 11.4 Å². The molecule has 0 aliphatic rings. The molecule has 2 aromatic rings. The number of hydrogen-bond acceptors (Lipinski definition) is 3. The third-order valence-electron chi connectivity index (χ3n) is 2.93. The predicted octanol–water partition coefficient (Wildman–Crippen LogP) is 3.41. The van der Waals surface area contributed by atoms with Gasteiger partial charge in [0.15, 0.2) is 0 Å². The zero-order valence-corrected chi connectivity index (χ0v) is 15.0. The number of halogens is 2. The lowest BCUT2D eigenvalue weighted by atomic mass is 10.5. The van der Waals surface area contributed by atoms with Crippen molar-refractivity contribution in [3.8, 4) is 0 Å². The zero-order chi connectivity index (χ0) is 14.9. The first kappa shape index (κ1) is 16.0. The molecule has 110 valence electrons. The van der Waals surface area contributed by atoms with Crippen molar-refractivity contribution in [1.29, 1.82) is 0 Å². The van der Waals surface area contributed by atoms with Gasteiger partial charge in [-0.1, -0.05) is 0 Å². The van der Waals surface area contributed by atoms with E-state index in [4.69, 9.17) is 11.6 Å². The normalized spacial score (nSPS) is 12.2. The summed E-state index contributed by atoms with van der Waals surface area (Å²) >= 11 is 10.7. The molecule has 20 heavy (non-hydrogen) atoms. The molecular weight excluding hydrogens is 384 g/mol. The summed E-state index contributed by atoms with van der Waals surface area (Å²) in [5, 5.41) is 1.93. The summed E-state index contributed by atoms with van der Waals surface area (Å²) in [4.78, 5) is 1.25. The van der Waals surface area contributed by atoms with E-state index in [9.17, 15) is 8.42 Å². The van der Waals surface area contributed by atoms with Gasteiger partial charge < -0.3 is 4.57 Å². The third-order valence-corrected chi connectivity index (χ3v) is 6.65. The van der Waals surface area contributed by atoms with Crippen LogP contribution in [0.4, 0.5) is 0 Å². The van der Waals surface area contributed by atoms with Crippen LogP contribution in [0.15, 0.2) is 33.1 Å². The van der Waals surface area contributed by atoms with Crippen LogP contribution in [0.2, 0.25) is 0 Å². The van der Waals surface area contributed by atoms with Crippen molar-refractivity contribution >= 4 is 48.9 Å². The molecular formula is C12H14BrClN2O2S2. The molecule has 0 fully saturated rings. The number of sulfonamides is 1. The number of aromatic nitrogens is 1. The van der Waals surface area contributed by atoms with Crippen LogP contribution in [0, 0.1) is 0 Å². The van der Waals surface area contributed by atoms with E-state index in [1.165, 1.54) is 15.6 Å². The summed E-state index contributed by atoms with van der Waals surface area (Å²) in [6.45, 7) is 0.351. The van der Waals surface area contributed by atoms with Crippen LogP contribution in [0.1, 0.15) is 10.6 Å². The van der Waals surface area contributed by atoms with Crippen molar-refractivity contribution < 1.29 is 8.42 Å². The Hall–Kier alpha value is -0.340. The number of thiophene rings is 1. The van der Waals surface area contributed by atoms with Crippen LogP contribution in [-0.4, -0.2) is 24.3 Å². The fourth-order valence-corrected chi connectivity index (χ4v) is 4.87. The molecule has 0 spiro atoms. The molecule has 2 heterocycles. The quantitative estimate of drug-likeness (QED) is 0.726. The van der Waals surface area contributed by atoms with E-state index in [0.717, 1.165) is 15.0 Å². The van der Waals surface area contributed by atoms with Crippen molar-refractivity contribution in [2.24, 2.45) is 7.05 Å². The summed E-state index contributed by atoms with van der Waals surface area (Å²) in [6.07, 6.45) is 1.59. The molecule has 8 heteroatoms. The number of nitrogens with zero attached hydrogens (tertiary/aromatic N) is 2. The van der Waals surface area contributed by atoms with E-state index in [1.54, 1.807) is 30.9 Å². The van der Waals surface area contributed by atoms with Crippen molar-refractivity contribution in [2.45, 2.75) is 17.3 Å². The van der Waals surface area contributed by atoms with E-state index in [0.29, 0.717) is 6.54 Å². The maximum Gasteiger partial charge on any atom is 0.244 e. The highest BCUT2D eigenvalue weighted by Crippen LogP contribution is 2.24. The Morgan fingerprint density at radius 1 is 1.45 bits per heavy atom. The maximum absolute atomic E-state index is 12.5. The first-order chi connectivity index (χ1) is 9.34. The monoisotopic (exact) mass is 396 g/mol. The van der Waals surface area contributed by atoms with Gasteiger partial charge in [0, 0.05) is 47.3 Å². The van der Waals surface area contributed by atoms with Crippen molar-refractivity contribution in [1.82, 2.24) is 8.87 Å². The van der Waals surface area contributed by atoms with Gasteiger partial charge in [0.1, 0.15) is 4.90 Å². The van der Waals surface area contributed by atoms with Crippen LogP contribution in [0.5, 0.6) is 0 Å². The lowest BCUT2D eigenvalue weighted by Crippen LogP contribution is -2.25. The highest BCUT2D eigenvalue weighted by atomic mass is 79.9. The molecule has 0 radical (unpaired) electrons. The molecule has 2 aromatic heterocycles. The molecule has 0 saturated heterocycles. The molecule has 0 N–H and O–H groups in total. The van der Waals surface area contributed by atoms with Crippen LogP contribution in [0.25, 0.3) is 0 Å². The van der Waals surface area contributed by atoms with E-state index < -0.39 is 10.0 Å². The topological polar surface area (TPSA) is 42.3 Å². The molecule has 0 aliphatic heterocycles. The van der Waals surface area contributed by atoms with E-state index >= 15 is 0 Å². The Labute approximate surface area is 136 Å². The first-order valence-corrected chi connectivity index (χ1v) is 9.39. The summed E-state index contributed by atoms with van der Waals surface area (Å²) in [7, 11) is -0.130. The average Bonchev–Trinajstić information content (AvgIpc) is 2.95. The van der Waals surface area contributed by atoms with Crippen LogP contribution < -0.4 is 0 Å². The molecule has 0 aromatic carbocycles. The largest absolute Gasteiger partial charge is 0.352 e. The van der Waals surface area contributed by atoms with Crippen LogP contribution >= 0.6 is 38.9 Å². The minimum absolute atomic E-state index is 0.272. The van der Waals surface area contributed by atoms with Crippen molar-refractivity contribution in [2.75, 3.05) is 7.05 Å². The molecule has 0 saturated carbocycles. The van der Waals surface area contributed by atoms with Gasteiger partial charge in [-0.2, -0.15) is 4.31 Å². The second kappa shape index (κ2) is 6.19. The SMILES string of the molecule is CN(Cc1cc(Br)cs1)S(=O)(=O)c1cc(CCl)n(C)c1. The van der Waals surface area contributed by atoms with Crippen molar-refractivity contribution in [3.05, 3.63) is 38.8 Å². The smallest absolute Gasteiger partial charge is 0.244 e. The number of hydrogen-bond donors (Lipinski definition) is 0. The van der Waals surface area contributed by atoms with Gasteiger partial charge in [0.2, 0.25) is 10.0 Å². The zero-order valence-electron chi connectivity index (χ0n) is 11.0. The molecule has 0 unspecified atom stereocenters. The molecule has 0 amide bonds. The Morgan fingerprint density at radius 2 is 2.15 bits per heavy atom. The summed E-state index contributed by atoms with van der Waals surface area (Å²) in [5.74, 6) is 0.285. The Balaban J connectivity index is 2.24. The first-order valence-electron chi connectivity index (χ1n) is 5.75. The Morgan fingerprint density at radius 3 is 2.65 bits per heavy atom. The Kier molecular flexibility index (Phi) is 4.96. The summed E-state index contributed by atoms with van der Waals surface area (Å²) in [6, 6.07) is 3.54. The Bertz CT molecular complexity index is 709. The number of alkyl halides is 1. The van der Waals surface area contributed by atoms with Gasteiger partial charge in [-0.25, -0.2) is 8.42 Å². The van der Waals surface area contributed by atoms with Gasteiger partial charge in [0.05, 0.1) is 5.88 Å². The number of rotatable bonds is 5. The summed E-state index contributed by atoms with van der Waals surface area (Å²) in [5.41, 5.74) is 0.775. The number of aryl methyl sites for hydroxylation is 1. The van der Waals surface area contributed by atoms with E-state index in [2.05, 4.69) is 15.9 Å². The fourth-order valence-electron chi connectivity index (χ4n) is 1.77. The molecule has 2 rings (SSSR count). The average molecular weight is 398 g/mol. The summed E-state index contributed by atoms with van der Waals surface area (Å²) < 4.78 is 29.0. The van der Waals surface area contributed by atoms with Gasteiger partial charge in [-0.15, -0.1) is 22.9 Å². The second-order valence-electron chi connectivity index (χ2n) is 4.40. The lowest BCUT2D eigenvalue weighted by Gasteiger charge is -2.15.